The molecule has 142 valence electrons. The molecule has 0 aliphatic carbocycles. The number of benzene rings is 1. The van der Waals surface area contributed by atoms with E-state index in [1.807, 2.05) is 44.2 Å². The van der Waals surface area contributed by atoms with E-state index in [4.69, 9.17) is 19.5 Å². The number of amides is 1. The summed E-state index contributed by atoms with van der Waals surface area (Å²) in [6.07, 6.45) is 1.62. The second-order valence-electron chi connectivity index (χ2n) is 6.63. The molecule has 1 atom stereocenters. The van der Waals surface area contributed by atoms with E-state index in [9.17, 15) is 4.79 Å². The lowest BCUT2D eigenvalue weighted by atomic mass is 10.1. The maximum Gasteiger partial charge on any atom is 0.237 e. The number of ether oxygens (including phenoxy) is 3. The van der Waals surface area contributed by atoms with Crippen LogP contribution in [0.2, 0.25) is 0 Å². The Morgan fingerprint density at radius 1 is 1.44 bits per heavy atom. The van der Waals surface area contributed by atoms with Crippen LogP contribution in [0, 0.1) is 11.3 Å². The molecular weight excluding hydrogens is 346 g/mol. The number of morpholine rings is 1. The molecule has 1 aliphatic heterocycles. The third-order valence-corrected chi connectivity index (χ3v) is 4.26. The lowest BCUT2D eigenvalue weighted by Crippen LogP contribution is -2.51. The highest BCUT2D eigenvalue weighted by molar-refractivity contribution is 5.88. The van der Waals surface area contributed by atoms with E-state index in [1.54, 1.807) is 11.1 Å². The average molecular weight is 369 g/mol. The van der Waals surface area contributed by atoms with Crippen molar-refractivity contribution in [3.05, 3.63) is 30.5 Å². The van der Waals surface area contributed by atoms with Crippen LogP contribution in [-0.4, -0.2) is 54.3 Å². The Hall–Kier alpha value is -2.85. The van der Waals surface area contributed by atoms with Gasteiger partial charge in [0.1, 0.15) is 18.8 Å². The first-order valence-corrected chi connectivity index (χ1v) is 9.01. The predicted octanol–water partition coefficient (Wildman–Crippen LogP) is 2.54. The van der Waals surface area contributed by atoms with Gasteiger partial charge in [0.25, 0.3) is 0 Å². The van der Waals surface area contributed by atoms with Gasteiger partial charge in [-0.1, -0.05) is 6.07 Å². The zero-order valence-corrected chi connectivity index (χ0v) is 15.6. The van der Waals surface area contributed by atoms with Crippen LogP contribution >= 0.6 is 0 Å². The second-order valence-corrected chi connectivity index (χ2v) is 6.63. The fourth-order valence-corrected chi connectivity index (χ4v) is 3.05. The van der Waals surface area contributed by atoms with Crippen molar-refractivity contribution in [2.24, 2.45) is 0 Å². The monoisotopic (exact) mass is 369 g/mol. The molecule has 27 heavy (non-hydrogen) atoms. The maximum absolute atomic E-state index is 12.1. The number of carbonyl (C=O) groups is 1. The summed E-state index contributed by atoms with van der Waals surface area (Å²) in [6.45, 7) is 5.50. The van der Waals surface area contributed by atoms with Gasteiger partial charge < -0.3 is 19.1 Å². The first-order valence-electron chi connectivity index (χ1n) is 9.01. The number of carbonyl (C=O) groups excluding carboxylic acids is 1. The molecule has 1 amide bonds. The fraction of sp³-hybridized carbons (Fsp3) is 0.450. The summed E-state index contributed by atoms with van der Waals surface area (Å²) >= 11 is 0. The molecule has 1 aromatic carbocycles. The van der Waals surface area contributed by atoms with Crippen molar-refractivity contribution in [3.63, 3.8) is 0 Å². The van der Waals surface area contributed by atoms with Gasteiger partial charge >= 0.3 is 0 Å². The molecule has 7 heteroatoms. The van der Waals surface area contributed by atoms with Crippen LogP contribution in [0.4, 0.5) is 0 Å². The van der Waals surface area contributed by atoms with Gasteiger partial charge in [-0.2, -0.15) is 5.26 Å². The van der Waals surface area contributed by atoms with Crippen LogP contribution in [0.25, 0.3) is 10.8 Å². The molecule has 0 N–H and O–H groups in total. The maximum atomic E-state index is 12.1. The molecule has 0 spiro atoms. The molecule has 0 radical (unpaired) electrons. The molecule has 2 aromatic rings. The minimum Gasteiger partial charge on any atom is -0.491 e. The topological polar surface area (TPSA) is 84.7 Å². The molecule has 0 bridgehead atoms. The Bertz CT molecular complexity index is 847. The van der Waals surface area contributed by atoms with Crippen molar-refractivity contribution in [2.45, 2.75) is 32.4 Å². The van der Waals surface area contributed by atoms with Crippen LogP contribution in [0.5, 0.6) is 11.6 Å². The summed E-state index contributed by atoms with van der Waals surface area (Å²) in [5, 5.41) is 10.6. The third kappa shape index (κ3) is 4.66. The van der Waals surface area contributed by atoms with E-state index < -0.39 is 0 Å². The normalized spacial score (nSPS) is 17.0. The summed E-state index contributed by atoms with van der Waals surface area (Å²) < 4.78 is 17.2. The highest BCUT2D eigenvalue weighted by Gasteiger charge is 2.28. The van der Waals surface area contributed by atoms with E-state index >= 15 is 0 Å². The first kappa shape index (κ1) is 18.9. The van der Waals surface area contributed by atoms with E-state index in [1.165, 1.54) is 0 Å². The van der Waals surface area contributed by atoms with Crippen LogP contribution in [0.15, 0.2) is 30.5 Å². The smallest absolute Gasteiger partial charge is 0.237 e. The Kier molecular flexibility index (Phi) is 6.09. The van der Waals surface area contributed by atoms with Crippen LogP contribution in [0.1, 0.15) is 20.3 Å². The zero-order valence-electron chi connectivity index (χ0n) is 15.6. The van der Waals surface area contributed by atoms with Gasteiger partial charge in [-0.25, -0.2) is 4.98 Å². The number of hydrogen-bond acceptors (Lipinski definition) is 6. The predicted molar refractivity (Wildman–Crippen MR) is 99.6 cm³/mol. The van der Waals surface area contributed by atoms with Crippen molar-refractivity contribution in [2.75, 3.05) is 26.4 Å². The molecule has 0 saturated carbocycles. The van der Waals surface area contributed by atoms with Gasteiger partial charge in [-0.05, 0) is 37.4 Å². The van der Waals surface area contributed by atoms with Crippen molar-refractivity contribution >= 4 is 16.7 Å². The number of nitriles is 1. The van der Waals surface area contributed by atoms with Gasteiger partial charge in [0.15, 0.2) is 0 Å². The van der Waals surface area contributed by atoms with Gasteiger partial charge in [-0.15, -0.1) is 0 Å². The average Bonchev–Trinajstić information content (AvgIpc) is 2.66. The molecule has 1 aliphatic rings. The Morgan fingerprint density at radius 3 is 3.07 bits per heavy atom. The Morgan fingerprint density at radius 2 is 2.30 bits per heavy atom. The standard InChI is InChI=1S/C20H23N3O4/c1-14(2)27-17-4-3-15-6-8-22-20(18(15)11-17)26-13-16-12-25-10-9-23(16)19(24)5-7-21/h3-4,6,8,11,14,16H,5,9-10,12-13H2,1-2H3/t16-/m1/s1. The summed E-state index contributed by atoms with van der Waals surface area (Å²) in [7, 11) is 0. The van der Waals surface area contributed by atoms with Crippen LogP contribution in [0.3, 0.4) is 0 Å². The minimum absolute atomic E-state index is 0.0718. The fourth-order valence-electron chi connectivity index (χ4n) is 3.05. The molecule has 0 unspecified atom stereocenters. The molecule has 3 rings (SSSR count). The van der Waals surface area contributed by atoms with E-state index in [-0.39, 0.29) is 31.1 Å². The van der Waals surface area contributed by atoms with Gasteiger partial charge in [0.05, 0.1) is 31.4 Å². The quantitative estimate of drug-likeness (QED) is 0.778. The number of hydrogen-bond donors (Lipinski definition) is 0. The summed E-state index contributed by atoms with van der Waals surface area (Å²) in [5.41, 5.74) is 0. The van der Waals surface area contributed by atoms with Crippen LogP contribution < -0.4 is 9.47 Å². The zero-order chi connectivity index (χ0) is 19.2. The molecular formula is C20H23N3O4. The molecule has 2 heterocycles. The Labute approximate surface area is 158 Å². The Balaban J connectivity index is 1.77. The van der Waals surface area contributed by atoms with Crippen molar-refractivity contribution < 1.29 is 19.0 Å². The number of rotatable bonds is 6. The molecule has 1 fully saturated rings. The second kappa shape index (κ2) is 8.69. The third-order valence-electron chi connectivity index (χ3n) is 4.26. The number of nitrogens with zero attached hydrogens (tertiary/aromatic N) is 3. The van der Waals surface area contributed by atoms with Crippen molar-refractivity contribution in [3.8, 4) is 17.7 Å². The van der Waals surface area contributed by atoms with Gasteiger partial charge in [0.2, 0.25) is 11.8 Å². The highest BCUT2D eigenvalue weighted by Crippen LogP contribution is 2.28. The van der Waals surface area contributed by atoms with Gasteiger partial charge in [-0.3, -0.25) is 4.79 Å². The summed E-state index contributed by atoms with van der Waals surface area (Å²) in [4.78, 5) is 18.1. The lowest BCUT2D eigenvalue weighted by molar-refractivity contribution is -0.140. The largest absolute Gasteiger partial charge is 0.491 e. The van der Waals surface area contributed by atoms with Crippen LogP contribution in [-0.2, 0) is 9.53 Å². The van der Waals surface area contributed by atoms with Gasteiger partial charge in [0, 0.05) is 18.1 Å². The molecule has 7 nitrogen and oxygen atoms in total. The van der Waals surface area contributed by atoms with Crippen molar-refractivity contribution in [1.29, 1.82) is 5.26 Å². The minimum atomic E-state index is -0.244. The molecule has 1 aromatic heterocycles. The number of fused-ring (bicyclic) bond motifs is 1. The number of aromatic nitrogens is 1. The van der Waals surface area contributed by atoms with E-state index in [0.717, 1.165) is 16.5 Å². The highest BCUT2D eigenvalue weighted by atomic mass is 16.5. The molecule has 1 saturated heterocycles. The summed E-state index contributed by atoms with van der Waals surface area (Å²) in [5.74, 6) is 1.04. The summed E-state index contributed by atoms with van der Waals surface area (Å²) in [6, 6.07) is 9.37. The lowest BCUT2D eigenvalue weighted by Gasteiger charge is -2.34. The first-order chi connectivity index (χ1) is 13.1. The van der Waals surface area contributed by atoms with E-state index in [0.29, 0.717) is 25.6 Å². The SMILES string of the molecule is CC(C)Oc1ccc2ccnc(OC[C@H]3COCCN3C(=O)CC#N)c2c1. The van der Waals surface area contributed by atoms with E-state index in [2.05, 4.69) is 4.98 Å². The van der Waals surface area contributed by atoms with Crippen molar-refractivity contribution in [1.82, 2.24) is 9.88 Å². The number of pyridine rings is 1.